The Balaban J connectivity index is 2.23. The maximum absolute atomic E-state index is 6.36. The molecule has 0 saturated carbocycles. The molecule has 1 aromatic carbocycles. The van der Waals surface area contributed by atoms with E-state index in [9.17, 15) is 0 Å². The van der Waals surface area contributed by atoms with Crippen LogP contribution in [0.25, 0.3) is 22.0 Å². The standard InChI is InChI=1S/C17H20N4/c1-3-9-21-15(4-2)20-16(17(21)18)14-11-19-10-12-7-5-6-8-13(12)14/h5-8,10-11H,3-4,9,18H2,1-2H3. The number of hydrogen-bond acceptors (Lipinski definition) is 3. The van der Waals surface area contributed by atoms with Crippen LogP contribution in [0.5, 0.6) is 0 Å². The van der Waals surface area contributed by atoms with Gasteiger partial charge in [-0.05, 0) is 11.8 Å². The zero-order valence-electron chi connectivity index (χ0n) is 12.5. The van der Waals surface area contributed by atoms with Gasteiger partial charge in [-0.3, -0.25) is 4.98 Å². The Bertz CT molecular complexity index is 768. The second-order valence-electron chi connectivity index (χ2n) is 5.18. The summed E-state index contributed by atoms with van der Waals surface area (Å²) in [6, 6.07) is 8.21. The van der Waals surface area contributed by atoms with Crippen LogP contribution in [0.2, 0.25) is 0 Å². The highest BCUT2D eigenvalue weighted by atomic mass is 15.1. The van der Waals surface area contributed by atoms with Crippen LogP contribution in [0, 0.1) is 0 Å². The van der Waals surface area contributed by atoms with Gasteiger partial charge in [0.25, 0.3) is 0 Å². The Kier molecular flexibility index (Phi) is 3.60. The second kappa shape index (κ2) is 5.56. The largest absolute Gasteiger partial charge is 0.383 e. The molecular formula is C17H20N4. The van der Waals surface area contributed by atoms with Crippen molar-refractivity contribution in [3.63, 3.8) is 0 Å². The van der Waals surface area contributed by atoms with Crippen molar-refractivity contribution in [3.05, 3.63) is 42.5 Å². The van der Waals surface area contributed by atoms with Gasteiger partial charge in [0.05, 0.1) is 0 Å². The van der Waals surface area contributed by atoms with E-state index in [-0.39, 0.29) is 0 Å². The minimum absolute atomic E-state index is 0.742. The Labute approximate surface area is 124 Å². The van der Waals surface area contributed by atoms with E-state index in [1.165, 1.54) is 0 Å². The number of nitrogen functional groups attached to an aromatic ring is 1. The first-order valence-corrected chi connectivity index (χ1v) is 7.44. The van der Waals surface area contributed by atoms with E-state index in [0.717, 1.165) is 53.1 Å². The van der Waals surface area contributed by atoms with Crippen molar-refractivity contribution < 1.29 is 0 Å². The number of hydrogen-bond donors (Lipinski definition) is 1. The number of nitrogens with two attached hydrogens (primary N) is 1. The van der Waals surface area contributed by atoms with Crippen LogP contribution in [0.4, 0.5) is 5.82 Å². The number of anilines is 1. The van der Waals surface area contributed by atoms with Crippen molar-refractivity contribution >= 4 is 16.6 Å². The lowest BCUT2D eigenvalue weighted by atomic mass is 10.1. The number of fused-ring (bicyclic) bond motifs is 1. The first kappa shape index (κ1) is 13.6. The molecule has 0 bridgehead atoms. The molecule has 0 aliphatic carbocycles. The third-order valence-corrected chi connectivity index (χ3v) is 3.77. The molecule has 0 saturated heterocycles. The summed E-state index contributed by atoms with van der Waals surface area (Å²) in [5.74, 6) is 1.78. The van der Waals surface area contributed by atoms with Gasteiger partial charge in [0.2, 0.25) is 0 Å². The Morgan fingerprint density at radius 2 is 1.95 bits per heavy atom. The second-order valence-corrected chi connectivity index (χ2v) is 5.18. The molecule has 0 amide bonds. The van der Waals surface area contributed by atoms with Gasteiger partial charge in [-0.15, -0.1) is 0 Å². The van der Waals surface area contributed by atoms with Crippen molar-refractivity contribution in [3.8, 4) is 11.3 Å². The number of nitrogens with zero attached hydrogens (tertiary/aromatic N) is 3. The Hall–Kier alpha value is -2.36. The average Bonchev–Trinajstić information content (AvgIpc) is 2.84. The van der Waals surface area contributed by atoms with Gasteiger partial charge in [-0.25, -0.2) is 4.98 Å². The highest BCUT2D eigenvalue weighted by Crippen LogP contribution is 2.31. The van der Waals surface area contributed by atoms with Crippen molar-refractivity contribution in [2.45, 2.75) is 33.2 Å². The van der Waals surface area contributed by atoms with Gasteiger partial charge in [0, 0.05) is 36.3 Å². The number of aromatic nitrogens is 3. The first-order chi connectivity index (χ1) is 10.3. The number of aryl methyl sites for hydroxylation is 1. The van der Waals surface area contributed by atoms with Crippen molar-refractivity contribution in [1.82, 2.24) is 14.5 Å². The molecule has 0 fully saturated rings. The van der Waals surface area contributed by atoms with Crippen LogP contribution in [0.15, 0.2) is 36.7 Å². The van der Waals surface area contributed by atoms with Gasteiger partial charge in [-0.1, -0.05) is 38.1 Å². The van der Waals surface area contributed by atoms with E-state index in [1.54, 1.807) is 0 Å². The molecule has 4 heteroatoms. The molecule has 0 radical (unpaired) electrons. The third kappa shape index (κ3) is 2.27. The summed E-state index contributed by atoms with van der Waals surface area (Å²) in [4.78, 5) is 9.10. The molecule has 0 atom stereocenters. The third-order valence-electron chi connectivity index (χ3n) is 3.77. The molecule has 2 N–H and O–H groups in total. The highest BCUT2D eigenvalue weighted by molar-refractivity contribution is 5.96. The minimum atomic E-state index is 0.742. The van der Waals surface area contributed by atoms with E-state index in [1.807, 2.05) is 24.5 Å². The van der Waals surface area contributed by atoms with Crippen LogP contribution >= 0.6 is 0 Å². The summed E-state index contributed by atoms with van der Waals surface area (Å²) >= 11 is 0. The zero-order valence-corrected chi connectivity index (χ0v) is 12.5. The van der Waals surface area contributed by atoms with Crippen molar-refractivity contribution in [1.29, 1.82) is 0 Å². The lowest BCUT2D eigenvalue weighted by molar-refractivity contribution is 0.650. The maximum Gasteiger partial charge on any atom is 0.131 e. The molecule has 2 heterocycles. The van der Waals surface area contributed by atoms with E-state index >= 15 is 0 Å². The molecule has 3 rings (SSSR count). The summed E-state index contributed by atoms with van der Waals surface area (Å²) in [5.41, 5.74) is 8.22. The summed E-state index contributed by atoms with van der Waals surface area (Å²) in [6.07, 6.45) is 5.65. The molecule has 108 valence electrons. The topological polar surface area (TPSA) is 56.7 Å². The Morgan fingerprint density at radius 3 is 2.71 bits per heavy atom. The number of benzene rings is 1. The van der Waals surface area contributed by atoms with Crippen molar-refractivity contribution in [2.75, 3.05) is 5.73 Å². The van der Waals surface area contributed by atoms with E-state index in [2.05, 4.69) is 35.5 Å². The fourth-order valence-electron chi connectivity index (χ4n) is 2.76. The predicted octanol–water partition coefficient (Wildman–Crippen LogP) is 3.65. The Morgan fingerprint density at radius 1 is 1.14 bits per heavy atom. The quantitative estimate of drug-likeness (QED) is 0.793. The molecule has 0 unspecified atom stereocenters. The zero-order chi connectivity index (χ0) is 14.8. The highest BCUT2D eigenvalue weighted by Gasteiger charge is 2.16. The van der Waals surface area contributed by atoms with Crippen LogP contribution in [-0.4, -0.2) is 14.5 Å². The monoisotopic (exact) mass is 280 g/mol. The molecular weight excluding hydrogens is 260 g/mol. The molecule has 4 nitrogen and oxygen atoms in total. The number of imidazole rings is 1. The molecule has 2 aromatic heterocycles. The van der Waals surface area contributed by atoms with Gasteiger partial charge < -0.3 is 10.3 Å². The van der Waals surface area contributed by atoms with Crippen molar-refractivity contribution in [2.24, 2.45) is 0 Å². The first-order valence-electron chi connectivity index (χ1n) is 7.44. The summed E-state index contributed by atoms with van der Waals surface area (Å²) < 4.78 is 2.12. The smallest absolute Gasteiger partial charge is 0.131 e. The SMILES string of the molecule is CCCn1c(CC)nc(-c2cncc3ccccc23)c1N. The van der Waals surface area contributed by atoms with Gasteiger partial charge >= 0.3 is 0 Å². The molecule has 21 heavy (non-hydrogen) atoms. The average molecular weight is 280 g/mol. The van der Waals surface area contributed by atoms with E-state index in [4.69, 9.17) is 10.7 Å². The maximum atomic E-state index is 6.36. The summed E-state index contributed by atoms with van der Waals surface area (Å²) in [7, 11) is 0. The number of rotatable bonds is 4. The summed E-state index contributed by atoms with van der Waals surface area (Å²) in [6.45, 7) is 5.16. The van der Waals surface area contributed by atoms with E-state index < -0.39 is 0 Å². The predicted molar refractivity (Wildman–Crippen MR) is 87.0 cm³/mol. The fourth-order valence-corrected chi connectivity index (χ4v) is 2.76. The molecule has 0 aliphatic heterocycles. The summed E-state index contributed by atoms with van der Waals surface area (Å²) in [5, 5.41) is 2.25. The van der Waals surface area contributed by atoms with Crippen LogP contribution in [-0.2, 0) is 13.0 Å². The lowest BCUT2D eigenvalue weighted by Gasteiger charge is -2.07. The van der Waals surface area contributed by atoms with Gasteiger partial charge in [0.15, 0.2) is 0 Å². The van der Waals surface area contributed by atoms with Crippen LogP contribution in [0.3, 0.4) is 0 Å². The van der Waals surface area contributed by atoms with Gasteiger partial charge in [0.1, 0.15) is 17.3 Å². The molecule has 3 aromatic rings. The molecule has 0 aliphatic rings. The lowest BCUT2D eigenvalue weighted by Crippen LogP contribution is -2.06. The van der Waals surface area contributed by atoms with Crippen LogP contribution in [0.1, 0.15) is 26.1 Å². The number of pyridine rings is 1. The molecule has 0 spiro atoms. The van der Waals surface area contributed by atoms with Crippen LogP contribution < -0.4 is 5.73 Å². The van der Waals surface area contributed by atoms with Gasteiger partial charge in [-0.2, -0.15) is 0 Å². The fraction of sp³-hybridized carbons (Fsp3) is 0.294. The van der Waals surface area contributed by atoms with E-state index in [0.29, 0.717) is 0 Å². The minimum Gasteiger partial charge on any atom is -0.383 e. The normalized spacial score (nSPS) is 11.1.